The molecule has 3 aromatic heterocycles. The molecule has 0 aliphatic rings. The van der Waals surface area contributed by atoms with Gasteiger partial charge >= 0.3 is 0 Å². The number of halogens is 1. The molecular weight excluding hydrogens is 378 g/mol. The first kappa shape index (κ1) is 20.1. The van der Waals surface area contributed by atoms with E-state index in [0.717, 1.165) is 33.5 Å². The van der Waals surface area contributed by atoms with Crippen molar-refractivity contribution in [2.24, 2.45) is 0 Å². The molecule has 3 N–H and O–H groups in total. The van der Waals surface area contributed by atoms with E-state index in [-0.39, 0.29) is 5.95 Å². The van der Waals surface area contributed by atoms with E-state index >= 15 is 0 Å². The fourth-order valence-corrected chi connectivity index (χ4v) is 3.50. The van der Waals surface area contributed by atoms with Crippen LogP contribution in [0.5, 0.6) is 5.75 Å². The fraction of sp³-hybridized carbons (Fsp3) is 0.350. The number of ether oxygens (including phenoxy) is 1. The maximum absolute atomic E-state index is 9.49. The molecule has 0 amide bonds. The van der Waals surface area contributed by atoms with Gasteiger partial charge < -0.3 is 20.1 Å². The average molecular weight is 402 g/mol. The largest absolute Gasteiger partial charge is 0.496 e. The van der Waals surface area contributed by atoms with Crippen LogP contribution in [0.15, 0.2) is 18.5 Å². The van der Waals surface area contributed by atoms with Crippen LogP contribution in [0.3, 0.4) is 0 Å². The standard InChI is InChI=1S/C20H24ClN5O2/c1-11-8-23-15(13(3)17(11)28-4)10-26-9-14(7-5-6-12(2)27)16-18(21)24-20(22)25-19(16)26/h5,7-9,12,27H,6,10H2,1-4H3,(H2,22,24,25)/b7-5+. The van der Waals surface area contributed by atoms with E-state index in [2.05, 4.69) is 15.0 Å². The summed E-state index contributed by atoms with van der Waals surface area (Å²) in [5.74, 6) is 0.938. The number of aryl methyl sites for hydroxylation is 1. The topological polar surface area (TPSA) is 99.1 Å². The Kier molecular flexibility index (Phi) is 5.86. The SMILES string of the molecule is COc1c(C)cnc(Cn2cc(/C=C/CC(C)O)c3c(Cl)nc(N)nc32)c1C. The number of pyridine rings is 1. The van der Waals surface area contributed by atoms with Gasteiger partial charge in [-0.05, 0) is 27.2 Å². The van der Waals surface area contributed by atoms with Crippen molar-refractivity contribution in [1.82, 2.24) is 19.5 Å². The van der Waals surface area contributed by atoms with E-state index in [4.69, 9.17) is 22.1 Å². The van der Waals surface area contributed by atoms with Crippen LogP contribution in [0, 0.1) is 13.8 Å². The Hall–Kier alpha value is -2.64. The number of nitrogens with two attached hydrogens (primary N) is 1. The summed E-state index contributed by atoms with van der Waals surface area (Å²) in [6.07, 6.45) is 7.67. The average Bonchev–Trinajstić information content (AvgIpc) is 2.95. The summed E-state index contributed by atoms with van der Waals surface area (Å²) in [7, 11) is 1.66. The van der Waals surface area contributed by atoms with E-state index in [0.29, 0.717) is 23.8 Å². The van der Waals surface area contributed by atoms with Crippen LogP contribution in [0.4, 0.5) is 5.95 Å². The van der Waals surface area contributed by atoms with E-state index in [1.165, 1.54) is 0 Å². The van der Waals surface area contributed by atoms with Crippen molar-refractivity contribution in [2.45, 2.75) is 39.8 Å². The molecule has 148 valence electrons. The predicted octanol–water partition coefficient (Wildman–Crippen LogP) is 3.52. The lowest BCUT2D eigenvalue weighted by Gasteiger charge is -2.13. The van der Waals surface area contributed by atoms with E-state index in [9.17, 15) is 5.11 Å². The third-order valence-corrected chi connectivity index (χ3v) is 4.84. The Balaban J connectivity index is 2.10. The van der Waals surface area contributed by atoms with Crippen LogP contribution < -0.4 is 10.5 Å². The van der Waals surface area contributed by atoms with Gasteiger partial charge in [-0.1, -0.05) is 23.8 Å². The highest BCUT2D eigenvalue weighted by Crippen LogP contribution is 2.30. The lowest BCUT2D eigenvalue weighted by molar-refractivity contribution is 0.199. The van der Waals surface area contributed by atoms with Crippen molar-refractivity contribution < 1.29 is 9.84 Å². The zero-order valence-corrected chi connectivity index (χ0v) is 17.2. The minimum absolute atomic E-state index is 0.113. The number of aliphatic hydroxyl groups excluding tert-OH is 1. The number of rotatable bonds is 6. The predicted molar refractivity (Wildman–Crippen MR) is 112 cm³/mol. The molecule has 3 heterocycles. The van der Waals surface area contributed by atoms with Crippen LogP contribution in [0.2, 0.25) is 5.15 Å². The first-order chi connectivity index (χ1) is 13.3. The number of methoxy groups -OCH3 is 1. The zero-order chi connectivity index (χ0) is 20.4. The minimum atomic E-state index is -0.418. The lowest BCUT2D eigenvalue weighted by Crippen LogP contribution is -2.07. The molecule has 3 rings (SSSR count). The van der Waals surface area contributed by atoms with Crippen LogP contribution in [-0.2, 0) is 6.54 Å². The van der Waals surface area contributed by atoms with Crippen LogP contribution in [0.25, 0.3) is 17.1 Å². The second-order valence-corrected chi connectivity index (χ2v) is 7.17. The number of nitrogens with zero attached hydrogens (tertiary/aromatic N) is 4. The smallest absolute Gasteiger partial charge is 0.223 e. The second-order valence-electron chi connectivity index (χ2n) is 6.82. The molecule has 0 fully saturated rings. The Bertz CT molecular complexity index is 1040. The number of hydrogen-bond donors (Lipinski definition) is 2. The Labute approximate surface area is 168 Å². The monoisotopic (exact) mass is 401 g/mol. The molecule has 0 saturated heterocycles. The van der Waals surface area contributed by atoms with Gasteiger partial charge in [0.05, 0.1) is 30.8 Å². The highest BCUT2D eigenvalue weighted by atomic mass is 35.5. The fourth-order valence-electron chi connectivity index (χ4n) is 3.22. The van der Waals surface area contributed by atoms with E-state index < -0.39 is 6.10 Å². The first-order valence-electron chi connectivity index (χ1n) is 8.97. The highest BCUT2D eigenvalue weighted by Gasteiger charge is 2.17. The first-order valence-corrected chi connectivity index (χ1v) is 9.35. The summed E-state index contributed by atoms with van der Waals surface area (Å²) in [4.78, 5) is 13.0. The van der Waals surface area contributed by atoms with Gasteiger partial charge in [0.1, 0.15) is 16.5 Å². The number of aromatic nitrogens is 4. The quantitative estimate of drug-likeness (QED) is 0.613. The molecule has 0 aliphatic heterocycles. The Morgan fingerprint density at radius 2 is 2.11 bits per heavy atom. The van der Waals surface area contributed by atoms with Gasteiger partial charge in [0, 0.05) is 29.1 Å². The number of anilines is 1. The highest BCUT2D eigenvalue weighted by molar-refractivity contribution is 6.34. The molecule has 0 spiro atoms. The summed E-state index contributed by atoms with van der Waals surface area (Å²) >= 11 is 6.36. The Morgan fingerprint density at radius 3 is 2.79 bits per heavy atom. The molecule has 1 atom stereocenters. The lowest BCUT2D eigenvalue weighted by atomic mass is 10.1. The minimum Gasteiger partial charge on any atom is -0.496 e. The molecule has 0 aromatic carbocycles. The van der Waals surface area contributed by atoms with Crippen molar-refractivity contribution in [1.29, 1.82) is 0 Å². The molecule has 7 nitrogen and oxygen atoms in total. The maximum atomic E-state index is 9.49. The van der Waals surface area contributed by atoms with Crippen LogP contribution in [0.1, 0.15) is 35.7 Å². The number of fused-ring (bicyclic) bond motifs is 1. The number of aliphatic hydroxyl groups is 1. The molecule has 0 saturated carbocycles. The van der Waals surface area contributed by atoms with Crippen molar-refractivity contribution >= 4 is 34.7 Å². The molecule has 0 bridgehead atoms. The zero-order valence-electron chi connectivity index (χ0n) is 16.4. The van der Waals surface area contributed by atoms with Gasteiger partial charge in [0.15, 0.2) is 0 Å². The van der Waals surface area contributed by atoms with Crippen molar-refractivity contribution in [2.75, 3.05) is 12.8 Å². The Morgan fingerprint density at radius 1 is 1.36 bits per heavy atom. The molecule has 0 aliphatic carbocycles. The van der Waals surface area contributed by atoms with Crippen LogP contribution in [-0.4, -0.2) is 37.8 Å². The molecule has 8 heteroatoms. The van der Waals surface area contributed by atoms with Gasteiger partial charge in [-0.3, -0.25) is 4.98 Å². The van der Waals surface area contributed by atoms with Gasteiger partial charge in [-0.15, -0.1) is 0 Å². The van der Waals surface area contributed by atoms with E-state index in [1.54, 1.807) is 20.2 Å². The summed E-state index contributed by atoms with van der Waals surface area (Å²) in [6.45, 7) is 6.17. The third kappa shape index (κ3) is 3.95. The van der Waals surface area contributed by atoms with Crippen molar-refractivity contribution in [3.05, 3.63) is 46.0 Å². The number of hydrogen-bond acceptors (Lipinski definition) is 6. The summed E-state index contributed by atoms with van der Waals surface area (Å²) in [5, 5.41) is 10.5. The van der Waals surface area contributed by atoms with Crippen molar-refractivity contribution in [3.63, 3.8) is 0 Å². The summed E-state index contributed by atoms with van der Waals surface area (Å²) < 4.78 is 7.46. The van der Waals surface area contributed by atoms with E-state index in [1.807, 2.05) is 36.8 Å². The maximum Gasteiger partial charge on any atom is 0.223 e. The number of nitrogen functional groups attached to an aromatic ring is 1. The summed E-state index contributed by atoms with van der Waals surface area (Å²) in [6, 6.07) is 0. The summed E-state index contributed by atoms with van der Waals surface area (Å²) in [5.41, 5.74) is 10.1. The second kappa shape index (κ2) is 8.16. The van der Waals surface area contributed by atoms with Gasteiger partial charge in [-0.2, -0.15) is 4.98 Å². The molecular formula is C20H24ClN5O2. The molecule has 3 aromatic rings. The molecule has 1 unspecified atom stereocenters. The third-order valence-electron chi connectivity index (χ3n) is 4.56. The normalized spacial score (nSPS) is 12.8. The molecule has 0 radical (unpaired) electrons. The van der Waals surface area contributed by atoms with Crippen molar-refractivity contribution in [3.8, 4) is 5.75 Å². The van der Waals surface area contributed by atoms with Gasteiger partial charge in [0.2, 0.25) is 5.95 Å². The van der Waals surface area contributed by atoms with Gasteiger partial charge in [-0.25, -0.2) is 4.98 Å². The van der Waals surface area contributed by atoms with Gasteiger partial charge in [0.25, 0.3) is 0 Å². The van der Waals surface area contributed by atoms with Crippen LogP contribution >= 0.6 is 11.6 Å². The molecule has 28 heavy (non-hydrogen) atoms.